The molecule has 1 unspecified atom stereocenters. The molecule has 0 spiro atoms. The Labute approximate surface area is 200 Å². The predicted molar refractivity (Wildman–Crippen MR) is 130 cm³/mol. The van der Waals surface area contributed by atoms with E-state index in [1.807, 2.05) is 43.3 Å². The summed E-state index contributed by atoms with van der Waals surface area (Å²) in [6, 6.07) is 19.6. The van der Waals surface area contributed by atoms with Gasteiger partial charge in [0, 0.05) is 13.1 Å². The number of sulfonamides is 1. The van der Waals surface area contributed by atoms with Crippen LogP contribution in [0.15, 0.2) is 65.6 Å². The van der Waals surface area contributed by atoms with Crippen molar-refractivity contribution >= 4 is 15.9 Å². The van der Waals surface area contributed by atoms with Crippen molar-refractivity contribution in [3.05, 3.63) is 99.6 Å². The van der Waals surface area contributed by atoms with Gasteiger partial charge in [0.25, 0.3) is 0 Å². The molecule has 34 heavy (non-hydrogen) atoms. The van der Waals surface area contributed by atoms with Gasteiger partial charge in [-0.25, -0.2) is 8.42 Å². The van der Waals surface area contributed by atoms with Gasteiger partial charge in [-0.2, -0.15) is 9.57 Å². The Balaban J connectivity index is 1.71. The van der Waals surface area contributed by atoms with E-state index in [0.717, 1.165) is 16.7 Å². The summed E-state index contributed by atoms with van der Waals surface area (Å²) < 4.78 is 29.2. The van der Waals surface area contributed by atoms with E-state index in [2.05, 4.69) is 11.4 Å². The van der Waals surface area contributed by atoms with Gasteiger partial charge in [-0.15, -0.1) is 0 Å². The van der Waals surface area contributed by atoms with E-state index in [0.29, 0.717) is 22.3 Å². The Bertz CT molecular complexity index is 1380. The predicted octanol–water partition coefficient (Wildman–Crippen LogP) is 3.92. The van der Waals surface area contributed by atoms with Crippen LogP contribution in [0.25, 0.3) is 0 Å². The van der Waals surface area contributed by atoms with E-state index >= 15 is 0 Å². The molecule has 0 aliphatic carbocycles. The van der Waals surface area contributed by atoms with Crippen LogP contribution in [0, 0.1) is 32.1 Å². The van der Waals surface area contributed by atoms with Gasteiger partial charge in [-0.1, -0.05) is 60.2 Å². The molecular formula is C27H27N3O3S. The number of benzene rings is 3. The number of carbonyl (C=O) groups excluding carboxylic acids is 1. The molecule has 1 atom stereocenters. The highest BCUT2D eigenvalue weighted by Crippen LogP contribution is 2.32. The molecule has 1 amide bonds. The van der Waals surface area contributed by atoms with Crippen molar-refractivity contribution in [2.45, 2.75) is 51.2 Å². The Morgan fingerprint density at radius 2 is 1.65 bits per heavy atom. The third-order valence-corrected chi connectivity index (χ3v) is 8.43. The first-order valence-electron chi connectivity index (χ1n) is 11.1. The second kappa shape index (κ2) is 9.41. The Kier molecular flexibility index (Phi) is 6.56. The summed E-state index contributed by atoms with van der Waals surface area (Å²) in [6.45, 7) is 5.79. The van der Waals surface area contributed by atoms with E-state index in [1.165, 1.54) is 4.31 Å². The zero-order chi connectivity index (χ0) is 24.5. The monoisotopic (exact) mass is 473 g/mol. The van der Waals surface area contributed by atoms with Crippen molar-refractivity contribution in [1.82, 2.24) is 9.62 Å². The molecule has 1 aliphatic heterocycles. The van der Waals surface area contributed by atoms with Crippen molar-refractivity contribution in [3.63, 3.8) is 0 Å². The van der Waals surface area contributed by atoms with Gasteiger partial charge >= 0.3 is 0 Å². The van der Waals surface area contributed by atoms with E-state index < -0.39 is 16.1 Å². The fraction of sp³-hybridized carbons (Fsp3) is 0.259. The first kappa shape index (κ1) is 23.7. The summed E-state index contributed by atoms with van der Waals surface area (Å²) in [5.74, 6) is -0.381. The van der Waals surface area contributed by atoms with Crippen LogP contribution in [-0.2, 0) is 34.3 Å². The minimum atomic E-state index is -3.95. The highest BCUT2D eigenvalue weighted by atomic mass is 32.2. The SMILES string of the molecule is Cc1cc(C)c(S(=O)(=O)N2Cc3ccccc3CC2C(=O)NCc2ccccc2C#N)c(C)c1. The number of nitrogens with one attached hydrogen (secondary N) is 1. The second-order valence-corrected chi connectivity index (χ2v) is 10.6. The van der Waals surface area contributed by atoms with Crippen LogP contribution in [-0.4, -0.2) is 24.7 Å². The molecule has 0 fully saturated rings. The van der Waals surface area contributed by atoms with Gasteiger partial charge in [0.15, 0.2) is 0 Å². The molecule has 0 aromatic heterocycles. The van der Waals surface area contributed by atoms with Crippen molar-refractivity contribution < 1.29 is 13.2 Å². The second-order valence-electron chi connectivity index (χ2n) is 8.75. The summed E-state index contributed by atoms with van der Waals surface area (Å²) >= 11 is 0. The summed E-state index contributed by atoms with van der Waals surface area (Å²) in [5.41, 5.74) is 5.35. The zero-order valence-electron chi connectivity index (χ0n) is 19.5. The molecule has 0 saturated carbocycles. The van der Waals surface area contributed by atoms with Crippen molar-refractivity contribution in [3.8, 4) is 6.07 Å². The van der Waals surface area contributed by atoms with Crippen LogP contribution < -0.4 is 5.32 Å². The smallest absolute Gasteiger partial charge is 0.244 e. The first-order valence-corrected chi connectivity index (χ1v) is 12.6. The summed E-state index contributed by atoms with van der Waals surface area (Å²) in [6.07, 6.45) is 0.283. The van der Waals surface area contributed by atoms with E-state index in [4.69, 9.17) is 0 Å². The maximum absolute atomic E-state index is 13.9. The lowest BCUT2D eigenvalue weighted by molar-refractivity contribution is -0.125. The third-order valence-electron chi connectivity index (χ3n) is 6.27. The number of aryl methyl sites for hydroxylation is 3. The molecule has 174 valence electrons. The number of amides is 1. The van der Waals surface area contributed by atoms with Gasteiger partial charge in [-0.05, 0) is 61.1 Å². The van der Waals surface area contributed by atoms with Crippen LogP contribution in [0.5, 0.6) is 0 Å². The molecule has 3 aromatic rings. The fourth-order valence-electron chi connectivity index (χ4n) is 4.75. The molecule has 0 radical (unpaired) electrons. The Morgan fingerprint density at radius 3 is 2.32 bits per heavy atom. The minimum absolute atomic E-state index is 0.123. The molecule has 3 aromatic carbocycles. The summed E-state index contributed by atoms with van der Waals surface area (Å²) in [5, 5.41) is 12.2. The number of hydrogen-bond donors (Lipinski definition) is 1. The number of fused-ring (bicyclic) bond motifs is 1. The van der Waals surface area contributed by atoms with Crippen LogP contribution in [0.1, 0.15) is 38.9 Å². The normalized spacial score (nSPS) is 15.9. The highest BCUT2D eigenvalue weighted by molar-refractivity contribution is 7.89. The van der Waals surface area contributed by atoms with Crippen molar-refractivity contribution in [2.24, 2.45) is 0 Å². The fourth-order valence-corrected chi connectivity index (χ4v) is 6.73. The molecule has 0 bridgehead atoms. The van der Waals surface area contributed by atoms with Crippen molar-refractivity contribution in [2.75, 3.05) is 0 Å². The topological polar surface area (TPSA) is 90.3 Å². The maximum Gasteiger partial charge on any atom is 0.244 e. The van der Waals surface area contributed by atoms with Gasteiger partial charge < -0.3 is 5.32 Å². The molecular weight excluding hydrogens is 446 g/mol. The van der Waals surface area contributed by atoms with Crippen LogP contribution in [0.4, 0.5) is 0 Å². The summed E-state index contributed by atoms with van der Waals surface area (Å²) in [7, 11) is -3.95. The minimum Gasteiger partial charge on any atom is -0.351 e. The number of hydrogen-bond acceptors (Lipinski definition) is 4. The molecule has 1 heterocycles. The standard InChI is InChI=1S/C27H27N3O3S/c1-18-12-19(2)26(20(3)13-18)34(32,33)30-17-24-11-7-4-8-21(24)14-25(30)27(31)29-16-23-10-6-5-9-22(23)15-28/h4-13,25H,14,16-17H2,1-3H3,(H,29,31). The maximum atomic E-state index is 13.9. The molecule has 4 rings (SSSR count). The first-order chi connectivity index (χ1) is 16.2. The molecule has 6 nitrogen and oxygen atoms in total. The molecule has 0 saturated heterocycles. The van der Waals surface area contributed by atoms with Gasteiger partial charge in [0.1, 0.15) is 6.04 Å². The van der Waals surface area contributed by atoms with Gasteiger partial charge in [0.05, 0.1) is 16.5 Å². The number of nitriles is 1. The van der Waals surface area contributed by atoms with E-state index in [1.54, 1.807) is 38.1 Å². The lowest BCUT2D eigenvalue weighted by Crippen LogP contribution is -2.52. The largest absolute Gasteiger partial charge is 0.351 e. The summed E-state index contributed by atoms with van der Waals surface area (Å²) in [4.78, 5) is 13.6. The molecule has 7 heteroatoms. The van der Waals surface area contributed by atoms with E-state index in [9.17, 15) is 18.5 Å². The third kappa shape index (κ3) is 4.47. The lowest BCUT2D eigenvalue weighted by atomic mass is 9.95. The zero-order valence-corrected chi connectivity index (χ0v) is 20.3. The molecule has 1 N–H and O–H groups in total. The number of carbonyl (C=O) groups is 1. The van der Waals surface area contributed by atoms with Crippen LogP contribution in [0.2, 0.25) is 0 Å². The van der Waals surface area contributed by atoms with Crippen molar-refractivity contribution in [1.29, 1.82) is 5.26 Å². The Morgan fingerprint density at radius 1 is 1.03 bits per heavy atom. The van der Waals surface area contributed by atoms with Gasteiger partial charge in [-0.3, -0.25) is 4.79 Å². The Hall–Kier alpha value is -3.47. The van der Waals surface area contributed by atoms with Crippen LogP contribution in [0.3, 0.4) is 0 Å². The number of rotatable bonds is 5. The average molecular weight is 474 g/mol. The van der Waals surface area contributed by atoms with Crippen LogP contribution >= 0.6 is 0 Å². The lowest BCUT2D eigenvalue weighted by Gasteiger charge is -2.35. The average Bonchev–Trinajstić information content (AvgIpc) is 2.81. The quantitative estimate of drug-likeness (QED) is 0.608. The van der Waals surface area contributed by atoms with E-state index in [-0.39, 0.29) is 30.3 Å². The highest BCUT2D eigenvalue weighted by Gasteiger charge is 2.40. The van der Waals surface area contributed by atoms with Gasteiger partial charge in [0.2, 0.25) is 15.9 Å². The number of nitrogens with zero attached hydrogens (tertiary/aromatic N) is 2. The molecule has 1 aliphatic rings.